The third kappa shape index (κ3) is 5.24. The number of hydrogen-bond acceptors (Lipinski definition) is 4. The van der Waals surface area contributed by atoms with Crippen molar-refractivity contribution in [1.29, 1.82) is 0 Å². The number of hydrogen-bond donors (Lipinski definition) is 0. The zero-order chi connectivity index (χ0) is 19.2. The van der Waals surface area contributed by atoms with Gasteiger partial charge in [-0.3, -0.25) is 4.79 Å². The van der Waals surface area contributed by atoms with Crippen molar-refractivity contribution in [3.63, 3.8) is 0 Å². The second-order valence-corrected chi connectivity index (χ2v) is 6.79. The molecule has 0 aliphatic carbocycles. The Morgan fingerprint density at radius 1 is 1.04 bits per heavy atom. The summed E-state index contributed by atoms with van der Waals surface area (Å²) in [6.45, 7) is -0.172. The lowest BCUT2D eigenvalue weighted by molar-refractivity contribution is 0.0916. The average Bonchev–Trinajstić information content (AvgIpc) is 2.68. The quantitative estimate of drug-likeness (QED) is 0.443. The molecule has 0 saturated heterocycles. The summed E-state index contributed by atoms with van der Waals surface area (Å²) in [6.07, 6.45) is 5.53. The zero-order valence-electron chi connectivity index (χ0n) is 14.6. The van der Waals surface area contributed by atoms with Crippen molar-refractivity contribution in [2.75, 3.05) is 6.61 Å². The summed E-state index contributed by atoms with van der Waals surface area (Å²) in [5, 5.41) is 0. The second kappa shape index (κ2) is 8.60. The number of ketones is 1. The summed E-state index contributed by atoms with van der Waals surface area (Å²) in [5.41, 5.74) is 1.75. The van der Waals surface area contributed by atoms with Gasteiger partial charge < -0.3 is 9.30 Å². The van der Waals surface area contributed by atoms with Crippen molar-refractivity contribution in [3.8, 4) is 5.75 Å². The standard InChI is InChI=1S/C21H17BrN2O3/c1-24-13-12-19(23-21(24)26)20(25)14-27-18-10-6-16(7-11-18)3-2-15-4-8-17(22)9-5-15/h2-13H,14H2,1H3/b3-2+. The minimum Gasteiger partial charge on any atom is -0.485 e. The highest BCUT2D eigenvalue weighted by molar-refractivity contribution is 9.10. The van der Waals surface area contributed by atoms with Crippen LogP contribution in [0, 0.1) is 0 Å². The molecule has 0 N–H and O–H groups in total. The lowest BCUT2D eigenvalue weighted by Gasteiger charge is -2.06. The van der Waals surface area contributed by atoms with Crippen molar-refractivity contribution in [2.24, 2.45) is 7.05 Å². The fourth-order valence-electron chi connectivity index (χ4n) is 2.28. The summed E-state index contributed by atoms with van der Waals surface area (Å²) in [7, 11) is 1.58. The molecule has 0 aliphatic rings. The molecule has 2 aromatic carbocycles. The minimum absolute atomic E-state index is 0.104. The maximum atomic E-state index is 12.1. The zero-order valence-corrected chi connectivity index (χ0v) is 16.2. The smallest absolute Gasteiger partial charge is 0.347 e. The van der Waals surface area contributed by atoms with Gasteiger partial charge in [0.25, 0.3) is 0 Å². The number of halogens is 1. The van der Waals surface area contributed by atoms with Crippen molar-refractivity contribution < 1.29 is 9.53 Å². The number of carbonyl (C=O) groups is 1. The maximum Gasteiger partial charge on any atom is 0.347 e. The van der Waals surface area contributed by atoms with E-state index < -0.39 is 5.69 Å². The summed E-state index contributed by atoms with van der Waals surface area (Å²) < 4.78 is 7.84. The largest absolute Gasteiger partial charge is 0.485 e. The molecule has 0 amide bonds. The van der Waals surface area contributed by atoms with Gasteiger partial charge in [0.05, 0.1) is 0 Å². The SMILES string of the molecule is Cn1ccc(C(=O)COc2ccc(/C=C/c3ccc(Br)cc3)cc2)nc1=O. The van der Waals surface area contributed by atoms with Crippen LogP contribution in [0.5, 0.6) is 5.75 Å². The van der Waals surface area contributed by atoms with Gasteiger partial charge >= 0.3 is 5.69 Å². The molecule has 0 spiro atoms. The maximum absolute atomic E-state index is 12.1. The number of benzene rings is 2. The molecule has 136 valence electrons. The van der Waals surface area contributed by atoms with Gasteiger partial charge in [-0.25, -0.2) is 4.79 Å². The number of ether oxygens (including phenoxy) is 1. The highest BCUT2D eigenvalue weighted by Crippen LogP contribution is 2.16. The number of aromatic nitrogens is 2. The van der Waals surface area contributed by atoms with Crippen molar-refractivity contribution >= 4 is 33.9 Å². The number of rotatable bonds is 6. The van der Waals surface area contributed by atoms with Crippen molar-refractivity contribution in [3.05, 3.63) is 92.6 Å². The molecule has 6 heteroatoms. The number of carbonyl (C=O) groups excluding carboxylic acids is 1. The predicted molar refractivity (Wildman–Crippen MR) is 109 cm³/mol. The minimum atomic E-state index is -0.470. The second-order valence-electron chi connectivity index (χ2n) is 5.87. The van der Waals surface area contributed by atoms with E-state index >= 15 is 0 Å². The Bertz CT molecular complexity index is 1020. The number of Topliss-reactive ketones (excluding diaryl/α,β-unsaturated/α-hetero) is 1. The summed E-state index contributed by atoms with van der Waals surface area (Å²) in [6, 6.07) is 16.9. The van der Waals surface area contributed by atoms with Crippen LogP contribution in [-0.4, -0.2) is 21.9 Å². The average molecular weight is 425 g/mol. The van der Waals surface area contributed by atoms with Crippen LogP contribution in [0.25, 0.3) is 12.2 Å². The van der Waals surface area contributed by atoms with Gasteiger partial charge in [-0.1, -0.05) is 52.3 Å². The Morgan fingerprint density at radius 3 is 2.22 bits per heavy atom. The molecule has 0 atom stereocenters. The molecular weight excluding hydrogens is 408 g/mol. The normalized spacial score (nSPS) is 10.9. The van der Waals surface area contributed by atoms with Crippen LogP contribution in [0.3, 0.4) is 0 Å². The lowest BCUT2D eigenvalue weighted by atomic mass is 10.1. The number of nitrogens with zero attached hydrogens (tertiary/aromatic N) is 2. The molecule has 0 radical (unpaired) electrons. The number of aryl methyl sites for hydroxylation is 1. The van der Waals surface area contributed by atoms with Gasteiger partial charge in [-0.15, -0.1) is 0 Å². The molecule has 0 saturated carbocycles. The Morgan fingerprint density at radius 2 is 1.63 bits per heavy atom. The van der Waals surface area contributed by atoms with Gasteiger partial charge in [-0.05, 0) is 41.5 Å². The molecule has 0 fully saturated rings. The Hall–Kier alpha value is -2.99. The fourth-order valence-corrected chi connectivity index (χ4v) is 2.55. The summed E-state index contributed by atoms with van der Waals surface area (Å²) in [5.74, 6) is 0.236. The predicted octanol–water partition coefficient (Wildman–Crippen LogP) is 3.97. The van der Waals surface area contributed by atoms with E-state index in [1.54, 1.807) is 19.2 Å². The van der Waals surface area contributed by atoms with Gasteiger partial charge in [0.2, 0.25) is 5.78 Å². The molecule has 5 nitrogen and oxygen atoms in total. The molecule has 0 bridgehead atoms. The Kier molecular flexibility index (Phi) is 5.98. The fraction of sp³-hybridized carbons (Fsp3) is 0.0952. The molecular formula is C21H17BrN2O3. The topological polar surface area (TPSA) is 61.2 Å². The van der Waals surface area contributed by atoms with Gasteiger partial charge in [0.1, 0.15) is 11.4 Å². The lowest BCUT2D eigenvalue weighted by Crippen LogP contribution is -2.24. The third-order valence-electron chi connectivity index (χ3n) is 3.85. The molecule has 0 aliphatic heterocycles. The highest BCUT2D eigenvalue weighted by Gasteiger charge is 2.09. The van der Waals surface area contributed by atoms with Crippen LogP contribution in [0.2, 0.25) is 0 Å². The summed E-state index contributed by atoms with van der Waals surface area (Å²) >= 11 is 3.41. The van der Waals surface area contributed by atoms with E-state index in [0.717, 1.165) is 15.6 Å². The van der Waals surface area contributed by atoms with Crippen LogP contribution < -0.4 is 10.4 Å². The Labute approximate surface area is 165 Å². The molecule has 0 unspecified atom stereocenters. The molecule has 27 heavy (non-hydrogen) atoms. The van der Waals surface area contributed by atoms with Gasteiger partial charge in [0.15, 0.2) is 6.61 Å². The van der Waals surface area contributed by atoms with E-state index in [0.29, 0.717) is 5.75 Å². The third-order valence-corrected chi connectivity index (χ3v) is 4.38. The first kappa shape index (κ1) is 18.8. The molecule has 3 rings (SSSR count). The van der Waals surface area contributed by atoms with Gasteiger partial charge in [-0.2, -0.15) is 4.98 Å². The van der Waals surface area contributed by atoms with Crippen LogP contribution in [-0.2, 0) is 7.05 Å². The van der Waals surface area contributed by atoms with Gasteiger partial charge in [0, 0.05) is 17.7 Å². The summed E-state index contributed by atoms with van der Waals surface area (Å²) in [4.78, 5) is 27.3. The van der Waals surface area contributed by atoms with E-state index in [9.17, 15) is 9.59 Å². The first-order valence-corrected chi connectivity index (χ1v) is 9.04. The monoisotopic (exact) mass is 424 g/mol. The van der Waals surface area contributed by atoms with Crippen LogP contribution in [0.4, 0.5) is 0 Å². The van der Waals surface area contributed by atoms with Crippen LogP contribution >= 0.6 is 15.9 Å². The van der Waals surface area contributed by atoms with Crippen LogP contribution in [0.15, 0.2) is 70.1 Å². The van der Waals surface area contributed by atoms with Crippen molar-refractivity contribution in [2.45, 2.75) is 0 Å². The van der Waals surface area contributed by atoms with Crippen LogP contribution in [0.1, 0.15) is 21.6 Å². The highest BCUT2D eigenvalue weighted by atomic mass is 79.9. The van der Waals surface area contributed by atoms with E-state index in [4.69, 9.17) is 4.74 Å². The van der Waals surface area contributed by atoms with E-state index in [2.05, 4.69) is 20.9 Å². The van der Waals surface area contributed by atoms with E-state index in [-0.39, 0.29) is 18.1 Å². The van der Waals surface area contributed by atoms with E-state index in [1.165, 1.54) is 16.8 Å². The molecule has 1 heterocycles. The Balaban J connectivity index is 1.58. The first-order chi connectivity index (χ1) is 13.0. The van der Waals surface area contributed by atoms with E-state index in [1.807, 2.05) is 48.6 Å². The van der Waals surface area contributed by atoms with Crippen molar-refractivity contribution in [1.82, 2.24) is 9.55 Å². The first-order valence-electron chi connectivity index (χ1n) is 8.25. The molecule has 3 aromatic rings. The molecule has 1 aromatic heterocycles.